The van der Waals surface area contributed by atoms with Crippen LogP contribution in [0.15, 0.2) is 29.2 Å². The van der Waals surface area contributed by atoms with Crippen molar-refractivity contribution in [1.82, 2.24) is 4.31 Å². The summed E-state index contributed by atoms with van der Waals surface area (Å²) in [5.74, 6) is -0.734. The SMILES string of the molecule is C[C@H]1CN(S(=O)(=O)c2ccccc2OC(F)(F)F)C[C@H](C)O1. The molecular weight excluding hydrogens is 323 g/mol. The highest BCUT2D eigenvalue weighted by Gasteiger charge is 2.37. The quantitative estimate of drug-likeness (QED) is 0.848. The lowest BCUT2D eigenvalue weighted by atomic mass is 10.3. The zero-order chi connectivity index (χ0) is 16.5. The van der Waals surface area contributed by atoms with Gasteiger partial charge in [-0.1, -0.05) is 12.1 Å². The minimum Gasteiger partial charge on any atom is -0.404 e. The first-order valence-electron chi connectivity index (χ1n) is 6.60. The monoisotopic (exact) mass is 339 g/mol. The molecule has 2 rings (SSSR count). The van der Waals surface area contributed by atoms with Gasteiger partial charge in [0.25, 0.3) is 0 Å². The highest BCUT2D eigenvalue weighted by molar-refractivity contribution is 7.89. The van der Waals surface area contributed by atoms with Crippen LogP contribution in [0.1, 0.15) is 13.8 Å². The van der Waals surface area contributed by atoms with Gasteiger partial charge in [-0.2, -0.15) is 4.31 Å². The van der Waals surface area contributed by atoms with E-state index in [2.05, 4.69) is 4.74 Å². The molecule has 0 spiro atoms. The molecule has 1 aliphatic rings. The molecule has 0 radical (unpaired) electrons. The maximum atomic E-state index is 12.6. The van der Waals surface area contributed by atoms with Crippen LogP contribution in [0.4, 0.5) is 13.2 Å². The number of alkyl halides is 3. The third-order valence-electron chi connectivity index (χ3n) is 3.08. The molecule has 1 aliphatic heterocycles. The van der Waals surface area contributed by atoms with E-state index in [4.69, 9.17) is 4.74 Å². The third kappa shape index (κ3) is 3.90. The van der Waals surface area contributed by atoms with E-state index in [-0.39, 0.29) is 25.3 Å². The molecule has 2 atom stereocenters. The van der Waals surface area contributed by atoms with Crippen LogP contribution in [0.2, 0.25) is 0 Å². The largest absolute Gasteiger partial charge is 0.573 e. The predicted octanol–water partition coefficient (Wildman–Crippen LogP) is 2.38. The fraction of sp³-hybridized carbons (Fsp3) is 0.538. The number of ether oxygens (including phenoxy) is 2. The Labute approximate surface area is 126 Å². The number of nitrogens with zero attached hydrogens (tertiary/aromatic N) is 1. The summed E-state index contributed by atoms with van der Waals surface area (Å²) in [6.45, 7) is 3.56. The maximum absolute atomic E-state index is 12.6. The summed E-state index contributed by atoms with van der Waals surface area (Å²) in [6, 6.07) is 4.71. The molecular formula is C13H16F3NO4S. The summed E-state index contributed by atoms with van der Waals surface area (Å²) < 4.78 is 72.9. The van der Waals surface area contributed by atoms with Gasteiger partial charge in [0.15, 0.2) is 0 Å². The highest BCUT2D eigenvalue weighted by atomic mass is 32.2. The lowest BCUT2D eigenvalue weighted by molar-refractivity contribution is -0.275. The van der Waals surface area contributed by atoms with E-state index in [1.807, 2.05) is 0 Å². The van der Waals surface area contributed by atoms with Crippen molar-refractivity contribution < 1.29 is 31.1 Å². The van der Waals surface area contributed by atoms with Crippen LogP contribution < -0.4 is 4.74 Å². The van der Waals surface area contributed by atoms with E-state index in [1.165, 1.54) is 12.1 Å². The summed E-state index contributed by atoms with van der Waals surface area (Å²) >= 11 is 0. The Morgan fingerprint density at radius 3 is 2.27 bits per heavy atom. The number of para-hydroxylation sites is 1. The Hall–Kier alpha value is -1.32. The number of hydrogen-bond donors (Lipinski definition) is 0. The van der Waals surface area contributed by atoms with Crippen LogP contribution >= 0.6 is 0 Å². The van der Waals surface area contributed by atoms with E-state index >= 15 is 0 Å². The normalized spacial score (nSPS) is 24.2. The van der Waals surface area contributed by atoms with Gasteiger partial charge in [0.2, 0.25) is 10.0 Å². The highest BCUT2D eigenvalue weighted by Crippen LogP contribution is 2.32. The van der Waals surface area contributed by atoms with E-state index in [1.54, 1.807) is 13.8 Å². The summed E-state index contributed by atoms with van der Waals surface area (Å²) in [5, 5.41) is 0. The second kappa shape index (κ2) is 6.05. The van der Waals surface area contributed by atoms with Crippen molar-refractivity contribution in [1.29, 1.82) is 0 Å². The van der Waals surface area contributed by atoms with E-state index in [0.29, 0.717) is 0 Å². The van der Waals surface area contributed by atoms with Gasteiger partial charge < -0.3 is 9.47 Å². The van der Waals surface area contributed by atoms with Crippen molar-refractivity contribution in [3.63, 3.8) is 0 Å². The molecule has 0 N–H and O–H groups in total. The van der Waals surface area contributed by atoms with Gasteiger partial charge in [-0.05, 0) is 26.0 Å². The van der Waals surface area contributed by atoms with Crippen molar-refractivity contribution in [2.75, 3.05) is 13.1 Å². The minimum absolute atomic E-state index is 0.0764. The summed E-state index contributed by atoms with van der Waals surface area (Å²) in [5.41, 5.74) is 0. The van der Waals surface area contributed by atoms with Gasteiger partial charge in [-0.3, -0.25) is 0 Å². The predicted molar refractivity (Wildman–Crippen MR) is 71.9 cm³/mol. The van der Waals surface area contributed by atoms with E-state index in [9.17, 15) is 21.6 Å². The molecule has 1 fully saturated rings. The molecule has 0 aromatic heterocycles. The van der Waals surface area contributed by atoms with Gasteiger partial charge in [0, 0.05) is 13.1 Å². The minimum atomic E-state index is -4.96. The first-order valence-corrected chi connectivity index (χ1v) is 8.04. The van der Waals surface area contributed by atoms with Crippen LogP contribution in [0.5, 0.6) is 5.75 Å². The van der Waals surface area contributed by atoms with Gasteiger partial charge in [0.05, 0.1) is 12.2 Å². The zero-order valence-corrected chi connectivity index (χ0v) is 12.8. The maximum Gasteiger partial charge on any atom is 0.573 e. The van der Waals surface area contributed by atoms with Gasteiger partial charge in [-0.25, -0.2) is 8.42 Å². The molecule has 0 aliphatic carbocycles. The molecule has 0 unspecified atom stereocenters. The fourth-order valence-corrected chi connectivity index (χ4v) is 4.04. The molecule has 124 valence electrons. The fourth-order valence-electron chi connectivity index (χ4n) is 2.34. The molecule has 1 aromatic rings. The zero-order valence-electron chi connectivity index (χ0n) is 12.0. The Balaban J connectivity index is 2.37. The summed E-state index contributed by atoms with van der Waals surface area (Å²) in [4.78, 5) is -0.506. The van der Waals surface area contributed by atoms with E-state index < -0.39 is 27.0 Å². The average molecular weight is 339 g/mol. The van der Waals surface area contributed by atoms with Crippen LogP contribution in [0, 0.1) is 0 Å². The molecule has 1 aromatic carbocycles. The molecule has 9 heteroatoms. The molecule has 1 heterocycles. The van der Waals surface area contributed by atoms with Crippen molar-refractivity contribution in [3.05, 3.63) is 24.3 Å². The third-order valence-corrected chi connectivity index (χ3v) is 4.95. The van der Waals surface area contributed by atoms with Crippen LogP contribution in [0.25, 0.3) is 0 Å². The smallest absolute Gasteiger partial charge is 0.404 e. The lowest BCUT2D eigenvalue weighted by Crippen LogP contribution is -2.48. The molecule has 22 heavy (non-hydrogen) atoms. The van der Waals surface area contributed by atoms with E-state index in [0.717, 1.165) is 16.4 Å². The number of sulfonamides is 1. The van der Waals surface area contributed by atoms with Gasteiger partial charge in [-0.15, -0.1) is 13.2 Å². The molecule has 5 nitrogen and oxygen atoms in total. The molecule has 0 bridgehead atoms. The first-order chi connectivity index (χ1) is 10.1. The molecule has 0 amide bonds. The standard InChI is InChI=1S/C13H16F3NO4S/c1-9-7-17(8-10(2)20-9)22(18,19)12-6-4-3-5-11(12)21-13(14,15)16/h3-6,9-10H,7-8H2,1-2H3/t9-,10-/m0/s1. The van der Waals surface area contributed by atoms with Crippen molar-refractivity contribution in [2.45, 2.75) is 37.3 Å². The summed E-state index contributed by atoms with van der Waals surface area (Å²) in [7, 11) is -4.10. The Kier molecular flexibility index (Phi) is 4.69. The average Bonchev–Trinajstić information content (AvgIpc) is 2.36. The lowest BCUT2D eigenvalue weighted by Gasteiger charge is -2.34. The molecule has 0 saturated carbocycles. The topological polar surface area (TPSA) is 55.8 Å². The Morgan fingerprint density at radius 1 is 1.18 bits per heavy atom. The molecule has 1 saturated heterocycles. The summed E-state index contributed by atoms with van der Waals surface area (Å²) in [6.07, 6.45) is -5.64. The van der Waals surface area contributed by atoms with Crippen LogP contribution in [0.3, 0.4) is 0 Å². The Bertz CT molecular complexity index is 622. The number of rotatable bonds is 3. The van der Waals surface area contributed by atoms with Crippen LogP contribution in [-0.2, 0) is 14.8 Å². The van der Waals surface area contributed by atoms with Gasteiger partial charge in [0.1, 0.15) is 10.6 Å². The van der Waals surface area contributed by atoms with Gasteiger partial charge >= 0.3 is 6.36 Å². The Morgan fingerprint density at radius 2 is 1.73 bits per heavy atom. The van der Waals surface area contributed by atoms with Crippen molar-refractivity contribution >= 4 is 10.0 Å². The number of halogens is 3. The van der Waals surface area contributed by atoms with Crippen molar-refractivity contribution in [3.8, 4) is 5.75 Å². The van der Waals surface area contributed by atoms with Crippen LogP contribution in [-0.4, -0.2) is 44.4 Å². The number of hydrogen-bond acceptors (Lipinski definition) is 4. The first kappa shape index (κ1) is 17.0. The second-order valence-electron chi connectivity index (χ2n) is 5.07. The van der Waals surface area contributed by atoms with Crippen molar-refractivity contribution in [2.24, 2.45) is 0 Å². The second-order valence-corrected chi connectivity index (χ2v) is 6.98. The number of morpholine rings is 1. The number of benzene rings is 1.